The summed E-state index contributed by atoms with van der Waals surface area (Å²) in [6.07, 6.45) is 3.34. The first-order valence-corrected chi connectivity index (χ1v) is 5.75. The van der Waals surface area contributed by atoms with E-state index in [1.165, 1.54) is 6.07 Å². The summed E-state index contributed by atoms with van der Waals surface area (Å²) in [5, 5.41) is 10.5. The lowest BCUT2D eigenvalue weighted by Gasteiger charge is -2.08. The topological polar surface area (TPSA) is 68.8 Å². The summed E-state index contributed by atoms with van der Waals surface area (Å²) in [6.45, 7) is 1.16. The van der Waals surface area contributed by atoms with E-state index in [1.54, 1.807) is 29.2 Å². The zero-order valence-electron chi connectivity index (χ0n) is 9.51. The van der Waals surface area contributed by atoms with Crippen molar-refractivity contribution in [3.05, 3.63) is 42.0 Å². The molecule has 0 fully saturated rings. The number of halogens is 1. The third-order valence-electron chi connectivity index (χ3n) is 2.38. The molecule has 0 atom stereocenters. The summed E-state index contributed by atoms with van der Waals surface area (Å²) in [6, 6.07) is 4.62. The molecular weight excluding hydrogens is 253 g/mol. The highest BCUT2D eigenvalue weighted by atomic mass is 32.1. The molecule has 18 heavy (non-hydrogen) atoms. The van der Waals surface area contributed by atoms with E-state index in [0.29, 0.717) is 24.3 Å². The molecule has 1 aromatic carbocycles. The fourth-order valence-corrected chi connectivity index (χ4v) is 1.60. The van der Waals surface area contributed by atoms with Gasteiger partial charge in [-0.15, -0.1) is 5.10 Å². The molecule has 0 saturated carbocycles. The molecule has 0 radical (unpaired) electrons. The molecule has 3 N–H and O–H groups in total. The maximum Gasteiger partial charge on any atom is 0.146 e. The molecule has 94 valence electrons. The van der Waals surface area contributed by atoms with Gasteiger partial charge in [0.05, 0.1) is 18.4 Å². The molecule has 2 rings (SSSR count). The Morgan fingerprint density at radius 3 is 2.94 bits per heavy atom. The van der Waals surface area contributed by atoms with Gasteiger partial charge in [-0.25, -0.2) is 4.39 Å². The predicted octanol–water partition coefficient (Wildman–Crippen LogP) is 1.16. The minimum Gasteiger partial charge on any atom is -0.389 e. The van der Waals surface area contributed by atoms with Crippen LogP contribution < -0.4 is 11.1 Å². The van der Waals surface area contributed by atoms with E-state index in [0.717, 1.165) is 0 Å². The number of hydrogen-bond acceptors (Lipinski definition) is 4. The molecule has 0 aliphatic heterocycles. The van der Waals surface area contributed by atoms with E-state index in [2.05, 4.69) is 15.6 Å². The minimum absolute atomic E-state index is 0.183. The maximum absolute atomic E-state index is 13.7. The van der Waals surface area contributed by atoms with Crippen molar-refractivity contribution in [2.45, 2.75) is 6.54 Å². The second-order valence-corrected chi connectivity index (χ2v) is 4.09. The molecule has 2 aromatic rings. The van der Waals surface area contributed by atoms with Crippen molar-refractivity contribution in [1.29, 1.82) is 0 Å². The monoisotopic (exact) mass is 265 g/mol. The highest BCUT2D eigenvalue weighted by molar-refractivity contribution is 7.80. The molecular formula is C11H12FN5S. The van der Waals surface area contributed by atoms with Gasteiger partial charge in [0.1, 0.15) is 10.8 Å². The highest BCUT2D eigenvalue weighted by Gasteiger charge is 2.04. The van der Waals surface area contributed by atoms with Crippen LogP contribution in [0.2, 0.25) is 0 Å². The molecule has 1 heterocycles. The first-order chi connectivity index (χ1) is 8.66. The van der Waals surface area contributed by atoms with Crippen LogP contribution in [-0.4, -0.2) is 26.5 Å². The van der Waals surface area contributed by atoms with E-state index in [9.17, 15) is 4.39 Å². The molecule has 7 heteroatoms. The summed E-state index contributed by atoms with van der Waals surface area (Å²) in [7, 11) is 0. The Morgan fingerprint density at radius 2 is 2.33 bits per heavy atom. The van der Waals surface area contributed by atoms with Crippen LogP contribution in [0.1, 0.15) is 5.56 Å². The Bertz CT molecular complexity index is 540. The van der Waals surface area contributed by atoms with Crippen molar-refractivity contribution < 1.29 is 4.39 Å². The minimum atomic E-state index is -0.376. The Hall–Kier alpha value is -2.02. The third kappa shape index (κ3) is 3.01. The van der Waals surface area contributed by atoms with E-state index >= 15 is 0 Å². The van der Waals surface area contributed by atoms with Crippen LogP contribution in [0.4, 0.5) is 10.1 Å². The fraction of sp³-hybridized carbons (Fsp3) is 0.182. The van der Waals surface area contributed by atoms with Gasteiger partial charge in [-0.05, 0) is 18.2 Å². The van der Waals surface area contributed by atoms with Gasteiger partial charge in [0.25, 0.3) is 0 Å². The molecule has 0 spiro atoms. The number of benzene rings is 1. The second kappa shape index (κ2) is 5.54. The molecule has 0 aliphatic rings. The van der Waals surface area contributed by atoms with Crippen LogP contribution in [0.15, 0.2) is 30.6 Å². The van der Waals surface area contributed by atoms with Crippen LogP contribution in [0, 0.1) is 5.82 Å². The average Bonchev–Trinajstić information content (AvgIpc) is 2.84. The lowest BCUT2D eigenvalue weighted by atomic mass is 10.2. The average molecular weight is 265 g/mol. The zero-order chi connectivity index (χ0) is 13.0. The maximum atomic E-state index is 13.7. The van der Waals surface area contributed by atoms with E-state index in [1.807, 2.05) is 0 Å². The molecule has 1 aromatic heterocycles. The van der Waals surface area contributed by atoms with Gasteiger partial charge in [-0.2, -0.15) is 0 Å². The van der Waals surface area contributed by atoms with Crippen molar-refractivity contribution in [1.82, 2.24) is 15.0 Å². The zero-order valence-corrected chi connectivity index (χ0v) is 10.3. The van der Waals surface area contributed by atoms with E-state index in [-0.39, 0.29) is 10.8 Å². The second-order valence-electron chi connectivity index (χ2n) is 3.65. The number of nitrogens with zero attached hydrogens (tertiary/aromatic N) is 3. The van der Waals surface area contributed by atoms with Gasteiger partial charge < -0.3 is 11.1 Å². The lowest BCUT2D eigenvalue weighted by molar-refractivity contribution is 0.601. The van der Waals surface area contributed by atoms with Crippen molar-refractivity contribution in [3.8, 4) is 0 Å². The fourth-order valence-electron chi connectivity index (χ4n) is 1.47. The van der Waals surface area contributed by atoms with E-state index < -0.39 is 0 Å². The quantitative estimate of drug-likeness (QED) is 0.794. The number of nitrogens with two attached hydrogens (primary N) is 1. The van der Waals surface area contributed by atoms with Gasteiger partial charge in [0.2, 0.25) is 0 Å². The summed E-state index contributed by atoms with van der Waals surface area (Å²) < 4.78 is 15.3. The first-order valence-electron chi connectivity index (χ1n) is 5.34. The van der Waals surface area contributed by atoms with Crippen molar-refractivity contribution in [2.75, 3.05) is 11.9 Å². The molecule has 0 aliphatic carbocycles. The van der Waals surface area contributed by atoms with Crippen LogP contribution >= 0.6 is 12.2 Å². The largest absolute Gasteiger partial charge is 0.389 e. The number of thiocarbonyl (C=S) groups is 1. The van der Waals surface area contributed by atoms with Gasteiger partial charge >= 0.3 is 0 Å². The molecule has 0 unspecified atom stereocenters. The normalized spacial score (nSPS) is 10.3. The van der Waals surface area contributed by atoms with Crippen LogP contribution in [-0.2, 0) is 6.54 Å². The van der Waals surface area contributed by atoms with E-state index in [4.69, 9.17) is 18.0 Å². The van der Waals surface area contributed by atoms with Gasteiger partial charge in [-0.1, -0.05) is 17.4 Å². The van der Waals surface area contributed by atoms with Crippen molar-refractivity contribution >= 4 is 22.9 Å². The van der Waals surface area contributed by atoms with Gasteiger partial charge in [-0.3, -0.25) is 4.68 Å². The SMILES string of the molecule is NC(=S)c1ccc(NCCn2ccnn2)c(F)c1. The standard InChI is InChI=1S/C11H12FN5S/c12-9-7-8(11(13)18)1-2-10(9)14-3-5-17-6-4-15-16-17/h1-2,4,6-7,14H,3,5H2,(H2,13,18). The van der Waals surface area contributed by atoms with Crippen molar-refractivity contribution in [2.24, 2.45) is 5.73 Å². The summed E-state index contributed by atoms with van der Waals surface area (Å²) >= 11 is 4.78. The first kappa shape index (κ1) is 12.4. The number of nitrogens with one attached hydrogen (secondary N) is 1. The molecule has 0 amide bonds. The smallest absolute Gasteiger partial charge is 0.146 e. The molecule has 0 bridgehead atoms. The van der Waals surface area contributed by atoms with Crippen LogP contribution in [0.3, 0.4) is 0 Å². The van der Waals surface area contributed by atoms with Gasteiger partial charge in [0.15, 0.2) is 0 Å². The van der Waals surface area contributed by atoms with Gasteiger partial charge in [0, 0.05) is 18.3 Å². The Kier molecular flexibility index (Phi) is 3.83. The number of rotatable bonds is 5. The molecule has 0 saturated heterocycles. The predicted molar refractivity (Wildman–Crippen MR) is 70.8 cm³/mol. The number of anilines is 1. The Balaban J connectivity index is 1.95. The summed E-state index contributed by atoms with van der Waals surface area (Å²) in [4.78, 5) is 0.183. The van der Waals surface area contributed by atoms with Crippen LogP contribution in [0.25, 0.3) is 0 Å². The number of hydrogen-bond donors (Lipinski definition) is 2. The highest BCUT2D eigenvalue weighted by Crippen LogP contribution is 2.15. The Labute approximate surface area is 109 Å². The third-order valence-corrected chi connectivity index (χ3v) is 2.62. The molecule has 5 nitrogen and oxygen atoms in total. The van der Waals surface area contributed by atoms with Crippen molar-refractivity contribution in [3.63, 3.8) is 0 Å². The number of aromatic nitrogens is 3. The Morgan fingerprint density at radius 1 is 1.50 bits per heavy atom. The summed E-state index contributed by atoms with van der Waals surface area (Å²) in [5.74, 6) is -0.376. The summed E-state index contributed by atoms with van der Waals surface area (Å²) in [5.41, 5.74) is 6.35. The van der Waals surface area contributed by atoms with Crippen LogP contribution in [0.5, 0.6) is 0 Å². The lowest BCUT2D eigenvalue weighted by Crippen LogP contribution is -2.13.